The first-order valence-corrected chi connectivity index (χ1v) is 14.5. The molecule has 1 atom stereocenters. The van der Waals surface area contributed by atoms with Crippen LogP contribution in [0.1, 0.15) is 65.6 Å². The number of rotatable bonds is 10. The molecule has 0 unspecified atom stereocenters. The second-order valence-corrected chi connectivity index (χ2v) is 14.2. The van der Waals surface area contributed by atoms with Gasteiger partial charge in [0.1, 0.15) is 11.4 Å². The average molecular weight is 572 g/mol. The molecule has 1 fully saturated rings. The van der Waals surface area contributed by atoms with E-state index < -0.39 is 17.6 Å². The van der Waals surface area contributed by atoms with Crippen LogP contribution >= 0.6 is 23.4 Å². The molecule has 1 N–H and O–H groups in total. The molecule has 2 aromatic heterocycles. The SMILES string of the molecule is CC(=O)[C@H](Oc1cnc2c(c1)c(SC(C)(C)C)c(CC(C)(C)C(=O)O)n2Cc1ccc(Cl)cc1)N1CCCC1. The zero-order valence-electron chi connectivity index (χ0n) is 23.6. The number of pyridine rings is 1. The molecule has 7 nitrogen and oxygen atoms in total. The summed E-state index contributed by atoms with van der Waals surface area (Å²) in [5, 5.41) is 11.6. The van der Waals surface area contributed by atoms with Crippen molar-refractivity contribution in [2.45, 2.75) is 83.2 Å². The van der Waals surface area contributed by atoms with Gasteiger partial charge in [-0.15, -0.1) is 11.8 Å². The maximum atomic E-state index is 12.5. The third-order valence-corrected chi connectivity index (χ3v) is 8.37. The largest absolute Gasteiger partial charge is 0.481 e. The van der Waals surface area contributed by atoms with Crippen LogP contribution in [-0.2, 0) is 22.6 Å². The molecule has 0 bridgehead atoms. The van der Waals surface area contributed by atoms with Gasteiger partial charge in [0.15, 0.2) is 5.78 Å². The monoisotopic (exact) mass is 571 g/mol. The first-order valence-electron chi connectivity index (χ1n) is 13.3. The quantitative estimate of drug-likeness (QED) is 0.272. The van der Waals surface area contributed by atoms with E-state index in [-0.39, 0.29) is 10.5 Å². The Morgan fingerprint density at radius 1 is 1.13 bits per heavy atom. The van der Waals surface area contributed by atoms with E-state index in [1.807, 2.05) is 30.3 Å². The number of fused-ring (bicyclic) bond motifs is 1. The fourth-order valence-electron chi connectivity index (χ4n) is 4.84. The van der Waals surface area contributed by atoms with Gasteiger partial charge < -0.3 is 14.4 Å². The number of carboxylic acids is 1. The lowest BCUT2D eigenvalue weighted by Gasteiger charge is -2.25. The van der Waals surface area contributed by atoms with Gasteiger partial charge in [-0.2, -0.15) is 0 Å². The van der Waals surface area contributed by atoms with Crippen molar-refractivity contribution in [1.29, 1.82) is 0 Å². The van der Waals surface area contributed by atoms with Crippen molar-refractivity contribution >= 4 is 46.1 Å². The van der Waals surface area contributed by atoms with Gasteiger partial charge in [-0.1, -0.05) is 44.5 Å². The highest BCUT2D eigenvalue weighted by atomic mass is 35.5. The van der Waals surface area contributed by atoms with E-state index in [1.165, 1.54) is 0 Å². The normalized spacial score (nSPS) is 15.6. The molecular weight excluding hydrogens is 534 g/mol. The zero-order valence-corrected chi connectivity index (χ0v) is 25.2. The van der Waals surface area contributed by atoms with Crippen LogP contribution in [0.4, 0.5) is 0 Å². The van der Waals surface area contributed by atoms with E-state index in [4.69, 9.17) is 21.3 Å². The van der Waals surface area contributed by atoms with Crippen LogP contribution in [0.2, 0.25) is 5.02 Å². The summed E-state index contributed by atoms with van der Waals surface area (Å²) < 4.78 is 8.23. The van der Waals surface area contributed by atoms with Crippen molar-refractivity contribution in [3.63, 3.8) is 0 Å². The number of carbonyl (C=O) groups is 2. The molecule has 0 aliphatic carbocycles. The molecule has 3 aromatic rings. The summed E-state index contributed by atoms with van der Waals surface area (Å²) in [4.78, 5) is 32.6. The van der Waals surface area contributed by atoms with Crippen molar-refractivity contribution in [3.8, 4) is 5.75 Å². The van der Waals surface area contributed by atoms with Crippen LogP contribution in [0.3, 0.4) is 0 Å². The number of carboxylic acid groups (broad SMARTS) is 1. The molecule has 0 saturated carbocycles. The number of benzene rings is 1. The van der Waals surface area contributed by atoms with Crippen molar-refractivity contribution in [2.75, 3.05) is 13.1 Å². The van der Waals surface area contributed by atoms with Gasteiger partial charge in [-0.25, -0.2) is 4.98 Å². The number of aromatic nitrogens is 2. The summed E-state index contributed by atoms with van der Waals surface area (Å²) in [7, 11) is 0. The number of nitrogens with zero attached hydrogens (tertiary/aromatic N) is 3. The second-order valence-electron chi connectivity index (χ2n) is 11.9. The Morgan fingerprint density at radius 3 is 2.33 bits per heavy atom. The summed E-state index contributed by atoms with van der Waals surface area (Å²) in [5.74, 6) is -0.368. The summed E-state index contributed by atoms with van der Waals surface area (Å²) in [6.07, 6.45) is 3.45. The summed E-state index contributed by atoms with van der Waals surface area (Å²) in [6, 6.07) is 9.61. The maximum Gasteiger partial charge on any atom is 0.309 e. The van der Waals surface area contributed by atoms with Crippen molar-refractivity contribution in [1.82, 2.24) is 14.5 Å². The summed E-state index contributed by atoms with van der Waals surface area (Å²) in [5.41, 5.74) is 1.71. The molecule has 210 valence electrons. The Balaban J connectivity index is 1.88. The van der Waals surface area contributed by atoms with E-state index in [9.17, 15) is 14.7 Å². The number of halogens is 1. The van der Waals surface area contributed by atoms with Gasteiger partial charge >= 0.3 is 5.97 Å². The Labute approximate surface area is 239 Å². The zero-order chi connectivity index (χ0) is 28.5. The van der Waals surface area contributed by atoms with Crippen LogP contribution in [0, 0.1) is 5.41 Å². The van der Waals surface area contributed by atoms with Gasteiger partial charge in [-0.05, 0) is 57.4 Å². The molecule has 4 rings (SSSR count). The van der Waals surface area contributed by atoms with Gasteiger partial charge in [-0.3, -0.25) is 14.5 Å². The summed E-state index contributed by atoms with van der Waals surface area (Å²) in [6.45, 7) is 13.7. The minimum absolute atomic E-state index is 0.0366. The molecule has 0 amide bonds. The molecule has 1 aliphatic rings. The minimum atomic E-state index is -0.992. The Hall–Kier alpha value is -2.55. The molecule has 1 aromatic carbocycles. The van der Waals surface area contributed by atoms with Crippen molar-refractivity contribution in [2.24, 2.45) is 5.41 Å². The maximum absolute atomic E-state index is 12.5. The molecule has 3 heterocycles. The van der Waals surface area contributed by atoms with E-state index in [1.54, 1.807) is 38.7 Å². The number of thioether (sulfide) groups is 1. The molecule has 0 spiro atoms. The lowest BCUT2D eigenvalue weighted by Crippen LogP contribution is -2.42. The van der Waals surface area contributed by atoms with E-state index in [0.29, 0.717) is 23.7 Å². The second kappa shape index (κ2) is 11.5. The highest BCUT2D eigenvalue weighted by molar-refractivity contribution is 8.00. The number of hydrogen-bond acceptors (Lipinski definition) is 6. The van der Waals surface area contributed by atoms with Gasteiger partial charge in [0.25, 0.3) is 0 Å². The number of likely N-dealkylation sites (tertiary alicyclic amines) is 1. The minimum Gasteiger partial charge on any atom is -0.481 e. The molecular formula is C30H38ClN3O4S. The van der Waals surface area contributed by atoms with Gasteiger partial charge in [0.05, 0.1) is 11.6 Å². The van der Waals surface area contributed by atoms with E-state index in [2.05, 4.69) is 30.2 Å². The predicted molar refractivity (Wildman–Crippen MR) is 157 cm³/mol. The molecule has 9 heteroatoms. The fraction of sp³-hybridized carbons (Fsp3) is 0.500. The summed E-state index contributed by atoms with van der Waals surface area (Å²) >= 11 is 7.83. The van der Waals surface area contributed by atoms with Crippen LogP contribution in [0.5, 0.6) is 5.75 Å². The topological polar surface area (TPSA) is 84.7 Å². The van der Waals surface area contributed by atoms with Gasteiger partial charge in [0, 0.05) is 51.8 Å². The number of aliphatic carboxylic acids is 1. The molecule has 39 heavy (non-hydrogen) atoms. The lowest BCUT2D eigenvalue weighted by atomic mass is 9.88. The van der Waals surface area contributed by atoms with Crippen molar-refractivity contribution in [3.05, 3.63) is 52.8 Å². The number of hydrogen-bond donors (Lipinski definition) is 1. The predicted octanol–water partition coefficient (Wildman–Crippen LogP) is 6.67. The Kier molecular flexibility index (Phi) is 8.69. The number of ketones is 1. The van der Waals surface area contributed by atoms with Crippen LogP contribution in [0.25, 0.3) is 11.0 Å². The lowest BCUT2D eigenvalue weighted by molar-refractivity contribution is -0.146. The highest BCUT2D eigenvalue weighted by Crippen LogP contribution is 2.43. The van der Waals surface area contributed by atoms with Gasteiger partial charge in [0.2, 0.25) is 6.23 Å². The first kappa shape index (κ1) is 29.4. The third kappa shape index (κ3) is 6.97. The molecule has 1 saturated heterocycles. The first-order chi connectivity index (χ1) is 18.2. The van der Waals surface area contributed by atoms with E-state index >= 15 is 0 Å². The fourth-order valence-corrected chi connectivity index (χ4v) is 6.14. The standard InChI is InChI=1S/C30H38ClN3O4S/c1-19(35)27(33-13-7-8-14-33)38-22-15-23-25(39-29(2,3)4)24(16-30(5,6)28(36)37)34(26(23)32-17-22)18-20-9-11-21(31)12-10-20/h9-12,15,17,27H,7-8,13-14,16,18H2,1-6H3,(H,36,37)/t27-/m0/s1. The molecule has 1 aliphatic heterocycles. The Morgan fingerprint density at radius 2 is 1.77 bits per heavy atom. The van der Waals surface area contributed by atoms with Crippen LogP contribution in [0.15, 0.2) is 41.4 Å². The third-order valence-electron chi connectivity index (χ3n) is 6.85. The highest BCUT2D eigenvalue weighted by Gasteiger charge is 2.34. The number of ether oxygens (including phenoxy) is 1. The average Bonchev–Trinajstić information content (AvgIpc) is 3.46. The number of carbonyl (C=O) groups excluding carboxylic acids is 1. The van der Waals surface area contributed by atoms with Crippen molar-refractivity contribution < 1.29 is 19.4 Å². The number of Topliss-reactive ketones (excluding diaryl/α,β-unsaturated/α-hetero) is 1. The molecule has 0 radical (unpaired) electrons. The van der Waals surface area contributed by atoms with E-state index in [0.717, 1.165) is 53.1 Å². The van der Waals surface area contributed by atoms with Crippen LogP contribution in [-0.4, -0.2) is 55.4 Å². The Bertz CT molecular complexity index is 1360. The van der Waals surface area contributed by atoms with Crippen LogP contribution < -0.4 is 4.74 Å². The smallest absolute Gasteiger partial charge is 0.309 e.